The molecule has 4 rings (SSSR count). The molecular formula is C27H26N4O3. The van der Waals surface area contributed by atoms with Gasteiger partial charge in [0, 0.05) is 40.3 Å². The van der Waals surface area contributed by atoms with E-state index in [2.05, 4.69) is 47.1 Å². The Morgan fingerprint density at radius 3 is 2.29 bits per heavy atom. The second kappa shape index (κ2) is 10.0. The normalized spacial score (nSPS) is 11.0. The number of nitro benzene ring substituents is 1. The number of nitrogens with zero attached hydrogens (tertiary/aromatic N) is 3. The molecule has 0 atom stereocenters. The molecule has 0 aliphatic rings. The van der Waals surface area contributed by atoms with Gasteiger partial charge in [-0.1, -0.05) is 30.3 Å². The molecule has 0 unspecified atom stereocenters. The lowest BCUT2D eigenvalue weighted by Gasteiger charge is -2.11. The van der Waals surface area contributed by atoms with Gasteiger partial charge in [0.2, 0.25) is 0 Å². The molecule has 0 saturated carbocycles. The highest BCUT2D eigenvalue weighted by Crippen LogP contribution is 2.26. The SMILES string of the molecule is COc1ccccc1CN/N=C/c1cc(C)n(-c2ccc(-c3ccc([N+](=O)[O-])cc3)cc2)c1C. The van der Waals surface area contributed by atoms with Crippen LogP contribution in [0.25, 0.3) is 16.8 Å². The average molecular weight is 455 g/mol. The second-order valence-corrected chi connectivity index (χ2v) is 7.92. The number of hydrazone groups is 1. The summed E-state index contributed by atoms with van der Waals surface area (Å²) in [6.45, 7) is 4.71. The monoisotopic (exact) mass is 454 g/mol. The number of methoxy groups -OCH3 is 1. The molecule has 0 spiro atoms. The summed E-state index contributed by atoms with van der Waals surface area (Å²) in [5.41, 5.74) is 10.4. The Hall–Kier alpha value is -4.39. The van der Waals surface area contributed by atoms with Crippen LogP contribution < -0.4 is 10.2 Å². The van der Waals surface area contributed by atoms with E-state index in [1.165, 1.54) is 12.1 Å². The summed E-state index contributed by atoms with van der Waals surface area (Å²) in [6, 6.07) is 24.7. The fourth-order valence-corrected chi connectivity index (χ4v) is 3.99. The van der Waals surface area contributed by atoms with E-state index in [0.29, 0.717) is 6.54 Å². The van der Waals surface area contributed by atoms with E-state index < -0.39 is 0 Å². The van der Waals surface area contributed by atoms with Crippen molar-refractivity contribution in [1.29, 1.82) is 0 Å². The van der Waals surface area contributed by atoms with Crippen LogP contribution in [0, 0.1) is 24.0 Å². The molecule has 4 aromatic rings. The van der Waals surface area contributed by atoms with Crippen LogP contribution in [-0.2, 0) is 6.54 Å². The maximum absolute atomic E-state index is 10.9. The Balaban J connectivity index is 1.48. The van der Waals surface area contributed by atoms with Crippen LogP contribution in [0.4, 0.5) is 5.69 Å². The van der Waals surface area contributed by atoms with Crippen molar-refractivity contribution in [2.75, 3.05) is 7.11 Å². The second-order valence-electron chi connectivity index (χ2n) is 7.92. The topological polar surface area (TPSA) is 81.7 Å². The molecule has 3 aromatic carbocycles. The molecule has 34 heavy (non-hydrogen) atoms. The molecule has 0 saturated heterocycles. The third-order valence-corrected chi connectivity index (χ3v) is 5.76. The number of nitrogens with one attached hydrogen (secondary N) is 1. The Bertz CT molecular complexity index is 1320. The molecule has 1 N–H and O–H groups in total. The molecule has 7 nitrogen and oxygen atoms in total. The number of aromatic nitrogens is 1. The van der Waals surface area contributed by atoms with Crippen molar-refractivity contribution in [2.45, 2.75) is 20.4 Å². The van der Waals surface area contributed by atoms with E-state index >= 15 is 0 Å². The fourth-order valence-electron chi connectivity index (χ4n) is 3.99. The quantitative estimate of drug-likeness (QED) is 0.207. The van der Waals surface area contributed by atoms with Crippen LogP contribution >= 0.6 is 0 Å². The van der Waals surface area contributed by atoms with Crippen LogP contribution in [-0.4, -0.2) is 22.8 Å². The van der Waals surface area contributed by atoms with Crippen molar-refractivity contribution in [2.24, 2.45) is 5.10 Å². The number of ether oxygens (including phenoxy) is 1. The van der Waals surface area contributed by atoms with Crippen LogP contribution in [0.2, 0.25) is 0 Å². The molecule has 0 fully saturated rings. The highest BCUT2D eigenvalue weighted by Gasteiger charge is 2.10. The van der Waals surface area contributed by atoms with Crippen LogP contribution in [0.5, 0.6) is 5.75 Å². The van der Waals surface area contributed by atoms with Gasteiger partial charge in [0.15, 0.2) is 0 Å². The van der Waals surface area contributed by atoms with Crippen molar-refractivity contribution >= 4 is 11.9 Å². The summed E-state index contributed by atoms with van der Waals surface area (Å²) in [5, 5.41) is 15.3. The summed E-state index contributed by atoms with van der Waals surface area (Å²) in [7, 11) is 1.66. The van der Waals surface area contributed by atoms with E-state index in [4.69, 9.17) is 4.74 Å². The van der Waals surface area contributed by atoms with Crippen molar-refractivity contribution in [3.05, 3.63) is 111 Å². The van der Waals surface area contributed by atoms with Crippen molar-refractivity contribution in [3.8, 4) is 22.6 Å². The zero-order valence-corrected chi connectivity index (χ0v) is 19.4. The first kappa shape index (κ1) is 22.8. The molecule has 1 heterocycles. The van der Waals surface area contributed by atoms with E-state index in [0.717, 1.165) is 45.1 Å². The van der Waals surface area contributed by atoms with Crippen LogP contribution in [0.3, 0.4) is 0 Å². The lowest BCUT2D eigenvalue weighted by molar-refractivity contribution is -0.384. The van der Waals surface area contributed by atoms with Gasteiger partial charge in [0.25, 0.3) is 5.69 Å². The van der Waals surface area contributed by atoms with E-state index in [1.807, 2.05) is 42.6 Å². The minimum atomic E-state index is -0.389. The molecular weight excluding hydrogens is 428 g/mol. The van der Waals surface area contributed by atoms with Gasteiger partial charge in [-0.15, -0.1) is 0 Å². The number of rotatable bonds is 8. The van der Waals surface area contributed by atoms with Crippen molar-refractivity contribution < 1.29 is 9.66 Å². The Labute approximate surface area is 198 Å². The number of non-ortho nitro benzene ring substituents is 1. The third-order valence-electron chi connectivity index (χ3n) is 5.76. The van der Waals surface area contributed by atoms with Gasteiger partial charge in [-0.05, 0) is 61.4 Å². The molecule has 0 radical (unpaired) electrons. The maximum Gasteiger partial charge on any atom is 0.269 e. The lowest BCUT2D eigenvalue weighted by Crippen LogP contribution is -2.07. The predicted molar refractivity (Wildman–Crippen MR) is 135 cm³/mol. The Kier molecular flexibility index (Phi) is 6.73. The summed E-state index contributed by atoms with van der Waals surface area (Å²) in [6.07, 6.45) is 1.83. The molecule has 7 heteroatoms. The summed E-state index contributed by atoms with van der Waals surface area (Å²) < 4.78 is 7.56. The highest BCUT2D eigenvalue weighted by molar-refractivity contribution is 5.82. The zero-order chi connectivity index (χ0) is 24.1. The van der Waals surface area contributed by atoms with Gasteiger partial charge in [0.05, 0.1) is 24.8 Å². The van der Waals surface area contributed by atoms with Gasteiger partial charge in [-0.3, -0.25) is 10.1 Å². The first-order valence-electron chi connectivity index (χ1n) is 10.9. The van der Waals surface area contributed by atoms with E-state index in [-0.39, 0.29) is 10.6 Å². The summed E-state index contributed by atoms with van der Waals surface area (Å²) in [4.78, 5) is 10.5. The largest absolute Gasteiger partial charge is 0.496 e. The maximum atomic E-state index is 10.9. The minimum absolute atomic E-state index is 0.0885. The summed E-state index contributed by atoms with van der Waals surface area (Å²) in [5.74, 6) is 0.834. The smallest absolute Gasteiger partial charge is 0.269 e. The van der Waals surface area contributed by atoms with Gasteiger partial charge in [-0.2, -0.15) is 5.10 Å². The molecule has 1 aromatic heterocycles. The van der Waals surface area contributed by atoms with Gasteiger partial charge in [-0.25, -0.2) is 0 Å². The first-order valence-corrected chi connectivity index (χ1v) is 10.9. The van der Waals surface area contributed by atoms with Crippen LogP contribution in [0.1, 0.15) is 22.5 Å². The number of para-hydroxylation sites is 1. The van der Waals surface area contributed by atoms with Crippen molar-refractivity contribution in [1.82, 2.24) is 9.99 Å². The standard InChI is InChI=1S/C27H26N4O3/c1-19-16-24(18-29-28-17-23-6-4-5-7-27(23)34-3)20(2)30(19)25-12-8-21(9-13-25)22-10-14-26(15-11-22)31(32)33/h4-16,18,28H,17H2,1-3H3/b29-18+. The zero-order valence-electron chi connectivity index (χ0n) is 19.4. The molecule has 0 aliphatic heterocycles. The number of benzene rings is 3. The predicted octanol–water partition coefficient (Wildman–Crippen LogP) is 5.80. The summed E-state index contributed by atoms with van der Waals surface area (Å²) >= 11 is 0. The number of aryl methyl sites for hydroxylation is 1. The van der Waals surface area contributed by atoms with Crippen LogP contribution in [0.15, 0.2) is 84.0 Å². The van der Waals surface area contributed by atoms with Crippen molar-refractivity contribution in [3.63, 3.8) is 0 Å². The highest BCUT2D eigenvalue weighted by atomic mass is 16.6. The van der Waals surface area contributed by atoms with Gasteiger partial charge in [0.1, 0.15) is 5.75 Å². The van der Waals surface area contributed by atoms with E-state index in [1.54, 1.807) is 19.2 Å². The Morgan fingerprint density at radius 1 is 1.00 bits per heavy atom. The number of hydrogen-bond donors (Lipinski definition) is 1. The lowest BCUT2D eigenvalue weighted by atomic mass is 10.0. The Morgan fingerprint density at radius 2 is 1.65 bits per heavy atom. The minimum Gasteiger partial charge on any atom is -0.496 e. The van der Waals surface area contributed by atoms with Gasteiger partial charge < -0.3 is 14.7 Å². The van der Waals surface area contributed by atoms with E-state index in [9.17, 15) is 10.1 Å². The molecule has 0 amide bonds. The third kappa shape index (κ3) is 4.83. The molecule has 0 bridgehead atoms. The number of hydrogen-bond acceptors (Lipinski definition) is 5. The molecule has 172 valence electrons. The molecule has 0 aliphatic carbocycles. The average Bonchev–Trinajstić information content (AvgIpc) is 3.14. The number of nitro groups is 1. The van der Waals surface area contributed by atoms with Gasteiger partial charge >= 0.3 is 0 Å². The fraction of sp³-hybridized carbons (Fsp3) is 0.148. The first-order chi connectivity index (χ1) is 16.5.